The average Bonchev–Trinajstić information content (AvgIpc) is 2.30. The van der Waals surface area contributed by atoms with Crippen LogP contribution in [0.15, 0.2) is 42.6 Å². The molecular weight excluding hydrogens is 188 g/mol. The maximum absolute atomic E-state index is 9.41. The Morgan fingerprint density at radius 3 is 2.53 bits per heavy atom. The second-order valence-electron chi connectivity index (χ2n) is 3.34. The zero-order chi connectivity index (χ0) is 10.7. The van der Waals surface area contributed by atoms with Gasteiger partial charge in [0.25, 0.3) is 0 Å². The van der Waals surface area contributed by atoms with E-state index in [-0.39, 0.29) is 0 Å². The smallest absolute Gasteiger partial charge is 0.0932 e. The van der Waals surface area contributed by atoms with E-state index in [1.165, 1.54) is 0 Å². The van der Waals surface area contributed by atoms with Crippen LogP contribution in [0.25, 0.3) is 11.4 Å². The standard InChI is InChI=1S/C12H12N2O/c1-9(15)10-6-4-7-12(14-10)11-5-2-3-8-13-11/h2-9,15H,1H3. The Kier molecular flexibility index (Phi) is 2.74. The lowest BCUT2D eigenvalue weighted by atomic mass is 10.2. The van der Waals surface area contributed by atoms with Gasteiger partial charge in [-0.1, -0.05) is 12.1 Å². The molecule has 0 radical (unpaired) electrons. The van der Waals surface area contributed by atoms with E-state index in [1.54, 1.807) is 19.2 Å². The van der Waals surface area contributed by atoms with Gasteiger partial charge < -0.3 is 5.11 Å². The summed E-state index contributed by atoms with van der Waals surface area (Å²) in [7, 11) is 0. The van der Waals surface area contributed by atoms with Crippen LogP contribution in [0, 0.1) is 0 Å². The number of aliphatic hydroxyl groups is 1. The first-order valence-corrected chi connectivity index (χ1v) is 4.84. The number of aliphatic hydroxyl groups excluding tert-OH is 1. The molecule has 2 aromatic heterocycles. The predicted octanol–water partition coefficient (Wildman–Crippen LogP) is 2.20. The van der Waals surface area contributed by atoms with E-state index in [2.05, 4.69) is 9.97 Å². The van der Waals surface area contributed by atoms with Crippen LogP contribution in [0.1, 0.15) is 18.7 Å². The van der Waals surface area contributed by atoms with Crippen molar-refractivity contribution in [2.45, 2.75) is 13.0 Å². The summed E-state index contributed by atoms with van der Waals surface area (Å²) in [5.41, 5.74) is 2.27. The lowest BCUT2D eigenvalue weighted by Crippen LogP contribution is -1.96. The van der Waals surface area contributed by atoms with Gasteiger partial charge in [-0.2, -0.15) is 0 Å². The van der Waals surface area contributed by atoms with Crippen molar-refractivity contribution in [2.24, 2.45) is 0 Å². The van der Waals surface area contributed by atoms with Crippen molar-refractivity contribution in [1.82, 2.24) is 9.97 Å². The molecule has 3 heteroatoms. The van der Waals surface area contributed by atoms with Gasteiger partial charge in [0.05, 0.1) is 23.2 Å². The fourth-order valence-electron chi connectivity index (χ4n) is 1.34. The molecule has 0 aliphatic rings. The highest BCUT2D eigenvalue weighted by Crippen LogP contribution is 2.16. The number of rotatable bonds is 2. The highest BCUT2D eigenvalue weighted by atomic mass is 16.3. The van der Waals surface area contributed by atoms with E-state index in [1.807, 2.05) is 30.3 Å². The number of pyridine rings is 2. The highest BCUT2D eigenvalue weighted by molar-refractivity contribution is 5.53. The van der Waals surface area contributed by atoms with Gasteiger partial charge in [-0.15, -0.1) is 0 Å². The van der Waals surface area contributed by atoms with Crippen LogP contribution in [0.2, 0.25) is 0 Å². The second kappa shape index (κ2) is 4.19. The predicted molar refractivity (Wildman–Crippen MR) is 58.1 cm³/mol. The van der Waals surface area contributed by atoms with Gasteiger partial charge in [0, 0.05) is 6.20 Å². The Balaban J connectivity index is 2.42. The van der Waals surface area contributed by atoms with Gasteiger partial charge in [0.15, 0.2) is 0 Å². The molecule has 0 saturated carbocycles. The quantitative estimate of drug-likeness (QED) is 0.808. The minimum absolute atomic E-state index is 0.548. The summed E-state index contributed by atoms with van der Waals surface area (Å²) in [6, 6.07) is 11.2. The molecule has 1 unspecified atom stereocenters. The molecule has 2 rings (SSSR count). The summed E-state index contributed by atoms with van der Waals surface area (Å²) in [5, 5.41) is 9.41. The molecule has 0 aliphatic carbocycles. The molecule has 1 N–H and O–H groups in total. The fourth-order valence-corrected chi connectivity index (χ4v) is 1.34. The summed E-state index contributed by atoms with van der Waals surface area (Å²) in [6.45, 7) is 1.70. The molecule has 76 valence electrons. The summed E-state index contributed by atoms with van der Waals surface area (Å²) in [4.78, 5) is 8.54. The van der Waals surface area contributed by atoms with Crippen LogP contribution in [-0.2, 0) is 0 Å². The van der Waals surface area contributed by atoms with Crippen LogP contribution >= 0.6 is 0 Å². The van der Waals surface area contributed by atoms with Crippen molar-refractivity contribution in [3.63, 3.8) is 0 Å². The lowest BCUT2D eigenvalue weighted by Gasteiger charge is -2.05. The van der Waals surface area contributed by atoms with Gasteiger partial charge in [-0.25, -0.2) is 4.98 Å². The Hall–Kier alpha value is -1.74. The van der Waals surface area contributed by atoms with Gasteiger partial charge in [0.2, 0.25) is 0 Å². The van der Waals surface area contributed by atoms with E-state index in [0.717, 1.165) is 11.4 Å². The van der Waals surface area contributed by atoms with E-state index in [4.69, 9.17) is 0 Å². The minimum atomic E-state index is -0.548. The fraction of sp³-hybridized carbons (Fsp3) is 0.167. The van der Waals surface area contributed by atoms with E-state index in [0.29, 0.717) is 5.69 Å². The third-order valence-corrected chi connectivity index (χ3v) is 2.13. The molecule has 0 amide bonds. The molecule has 15 heavy (non-hydrogen) atoms. The largest absolute Gasteiger partial charge is 0.387 e. The summed E-state index contributed by atoms with van der Waals surface area (Å²) >= 11 is 0. The maximum Gasteiger partial charge on any atom is 0.0932 e. The lowest BCUT2D eigenvalue weighted by molar-refractivity contribution is 0.194. The molecule has 0 aromatic carbocycles. The first-order valence-electron chi connectivity index (χ1n) is 4.84. The van der Waals surface area contributed by atoms with Crippen LogP contribution in [-0.4, -0.2) is 15.1 Å². The number of hydrogen-bond acceptors (Lipinski definition) is 3. The number of aromatic nitrogens is 2. The Morgan fingerprint density at radius 2 is 1.87 bits per heavy atom. The minimum Gasteiger partial charge on any atom is -0.387 e. The van der Waals surface area contributed by atoms with Gasteiger partial charge in [-0.3, -0.25) is 4.98 Å². The number of nitrogens with zero attached hydrogens (tertiary/aromatic N) is 2. The topological polar surface area (TPSA) is 46.0 Å². The summed E-state index contributed by atoms with van der Waals surface area (Å²) in [6.07, 6.45) is 1.18. The average molecular weight is 200 g/mol. The van der Waals surface area contributed by atoms with E-state index in [9.17, 15) is 5.11 Å². The van der Waals surface area contributed by atoms with Gasteiger partial charge in [-0.05, 0) is 31.2 Å². The SMILES string of the molecule is CC(O)c1cccc(-c2ccccn2)n1. The molecular formula is C12H12N2O. The van der Waals surface area contributed by atoms with Crippen molar-refractivity contribution >= 4 is 0 Å². The Bertz CT molecular complexity index is 440. The molecule has 0 aliphatic heterocycles. The zero-order valence-corrected chi connectivity index (χ0v) is 8.46. The molecule has 0 spiro atoms. The van der Waals surface area contributed by atoms with Crippen molar-refractivity contribution < 1.29 is 5.11 Å². The number of hydrogen-bond donors (Lipinski definition) is 1. The van der Waals surface area contributed by atoms with Gasteiger partial charge in [0.1, 0.15) is 0 Å². The molecule has 3 nitrogen and oxygen atoms in total. The second-order valence-corrected chi connectivity index (χ2v) is 3.34. The summed E-state index contributed by atoms with van der Waals surface area (Å²) in [5.74, 6) is 0. The Labute approximate surface area is 88.5 Å². The van der Waals surface area contributed by atoms with Crippen LogP contribution in [0.5, 0.6) is 0 Å². The van der Waals surface area contributed by atoms with Crippen molar-refractivity contribution in [3.05, 3.63) is 48.3 Å². The maximum atomic E-state index is 9.41. The third kappa shape index (κ3) is 2.19. The molecule has 1 atom stereocenters. The molecule has 0 bridgehead atoms. The van der Waals surface area contributed by atoms with Crippen LogP contribution < -0.4 is 0 Å². The highest BCUT2D eigenvalue weighted by Gasteiger charge is 2.05. The molecule has 2 aromatic rings. The van der Waals surface area contributed by atoms with Crippen LogP contribution in [0.3, 0.4) is 0 Å². The van der Waals surface area contributed by atoms with Crippen molar-refractivity contribution in [2.75, 3.05) is 0 Å². The van der Waals surface area contributed by atoms with E-state index < -0.39 is 6.10 Å². The third-order valence-electron chi connectivity index (χ3n) is 2.13. The summed E-state index contributed by atoms with van der Waals surface area (Å²) < 4.78 is 0. The Morgan fingerprint density at radius 1 is 1.07 bits per heavy atom. The first kappa shape index (κ1) is 9.80. The first-order chi connectivity index (χ1) is 7.27. The van der Waals surface area contributed by atoms with Crippen LogP contribution in [0.4, 0.5) is 0 Å². The normalized spacial score (nSPS) is 12.4. The van der Waals surface area contributed by atoms with Gasteiger partial charge >= 0.3 is 0 Å². The van der Waals surface area contributed by atoms with Crippen molar-refractivity contribution in [1.29, 1.82) is 0 Å². The molecule has 0 fully saturated rings. The monoisotopic (exact) mass is 200 g/mol. The molecule has 0 saturated heterocycles. The molecule has 2 heterocycles. The van der Waals surface area contributed by atoms with E-state index >= 15 is 0 Å². The van der Waals surface area contributed by atoms with Crippen molar-refractivity contribution in [3.8, 4) is 11.4 Å². The zero-order valence-electron chi connectivity index (χ0n) is 8.46.